The zero-order valence-electron chi connectivity index (χ0n) is 9.64. The zero-order chi connectivity index (χ0) is 11.9. The highest BCUT2D eigenvalue weighted by molar-refractivity contribution is 7.92. The van der Waals surface area contributed by atoms with Gasteiger partial charge in [0.2, 0.25) is 5.91 Å². The van der Waals surface area contributed by atoms with Gasteiger partial charge in [0, 0.05) is 25.4 Å². The summed E-state index contributed by atoms with van der Waals surface area (Å²) in [4.78, 5) is 13.6. The average molecular weight is 246 g/mol. The van der Waals surface area contributed by atoms with E-state index in [0.29, 0.717) is 25.0 Å². The van der Waals surface area contributed by atoms with Crippen molar-refractivity contribution in [1.29, 1.82) is 0 Å². The van der Waals surface area contributed by atoms with Crippen LogP contribution in [0.25, 0.3) is 0 Å². The summed E-state index contributed by atoms with van der Waals surface area (Å²) in [6, 6.07) is 0.371. The summed E-state index contributed by atoms with van der Waals surface area (Å²) in [5.41, 5.74) is 0. The second kappa shape index (κ2) is 4.00. The van der Waals surface area contributed by atoms with Gasteiger partial charge in [0.05, 0.1) is 0 Å². The first kappa shape index (κ1) is 11.9. The molecular weight excluding hydrogens is 228 g/mol. The Morgan fingerprint density at radius 2 is 2.12 bits per heavy atom. The predicted molar refractivity (Wildman–Crippen MR) is 60.8 cm³/mol. The van der Waals surface area contributed by atoms with Crippen LogP contribution in [0.4, 0.5) is 0 Å². The van der Waals surface area contributed by atoms with Crippen LogP contribution in [0.2, 0.25) is 0 Å². The van der Waals surface area contributed by atoms with E-state index in [1.165, 1.54) is 6.92 Å². The second-order valence-electron chi connectivity index (χ2n) is 4.82. The summed E-state index contributed by atoms with van der Waals surface area (Å²) in [7, 11) is -3.27. The molecule has 0 aromatic heterocycles. The molecule has 0 bridgehead atoms. The zero-order valence-corrected chi connectivity index (χ0v) is 10.5. The van der Waals surface area contributed by atoms with Crippen molar-refractivity contribution in [3.63, 3.8) is 0 Å². The van der Waals surface area contributed by atoms with Gasteiger partial charge in [-0.1, -0.05) is 0 Å². The average Bonchev–Trinajstić information content (AvgIpc) is 2.72. The summed E-state index contributed by atoms with van der Waals surface area (Å²) in [5, 5.41) is 2.43. The molecule has 1 N–H and O–H groups in total. The lowest BCUT2D eigenvalue weighted by Gasteiger charge is -2.20. The van der Waals surface area contributed by atoms with Gasteiger partial charge in [-0.3, -0.25) is 4.79 Å². The van der Waals surface area contributed by atoms with Gasteiger partial charge in [-0.15, -0.1) is 0 Å². The molecule has 2 aliphatic rings. The number of nitrogens with zero attached hydrogens (tertiary/aromatic N) is 1. The van der Waals surface area contributed by atoms with Gasteiger partial charge in [0.15, 0.2) is 9.84 Å². The smallest absolute Gasteiger partial charge is 0.240 e. The number of likely N-dealkylation sites (tertiary alicyclic amines) is 1. The van der Waals surface area contributed by atoms with Crippen molar-refractivity contribution in [3.8, 4) is 0 Å². The van der Waals surface area contributed by atoms with Crippen molar-refractivity contribution >= 4 is 15.7 Å². The molecule has 3 atom stereocenters. The molecule has 16 heavy (non-hydrogen) atoms. The van der Waals surface area contributed by atoms with Crippen molar-refractivity contribution in [2.45, 2.75) is 24.6 Å². The Kier molecular flexibility index (Phi) is 2.96. The molecule has 2 aliphatic heterocycles. The molecule has 6 heteroatoms. The number of nitrogens with one attached hydrogen (secondary N) is 1. The second-order valence-corrected chi connectivity index (χ2v) is 7.19. The molecule has 2 heterocycles. The fourth-order valence-electron chi connectivity index (χ4n) is 2.47. The lowest BCUT2D eigenvalue weighted by atomic mass is 10.1. The third-order valence-electron chi connectivity index (χ3n) is 3.66. The van der Waals surface area contributed by atoms with E-state index in [1.54, 1.807) is 4.90 Å². The molecule has 5 nitrogen and oxygen atoms in total. The molecule has 2 rings (SSSR count). The van der Waals surface area contributed by atoms with Crippen LogP contribution in [-0.4, -0.2) is 56.4 Å². The molecule has 1 amide bonds. The van der Waals surface area contributed by atoms with Gasteiger partial charge < -0.3 is 10.2 Å². The van der Waals surface area contributed by atoms with E-state index >= 15 is 0 Å². The van der Waals surface area contributed by atoms with Gasteiger partial charge >= 0.3 is 0 Å². The highest BCUT2D eigenvalue weighted by Gasteiger charge is 2.40. The first-order valence-corrected chi connectivity index (χ1v) is 7.56. The lowest BCUT2D eigenvalue weighted by molar-refractivity contribution is -0.129. The van der Waals surface area contributed by atoms with Gasteiger partial charge in [0.25, 0.3) is 0 Å². The Labute approximate surface area is 96.1 Å². The van der Waals surface area contributed by atoms with E-state index in [9.17, 15) is 13.2 Å². The molecule has 0 radical (unpaired) electrons. The SMILES string of the molecule is CC(C(=O)N1C[C@@H]2CCN[C@@H]2C1)S(C)(=O)=O. The Morgan fingerprint density at radius 3 is 2.69 bits per heavy atom. The molecule has 0 spiro atoms. The third kappa shape index (κ3) is 2.08. The van der Waals surface area contributed by atoms with Crippen molar-refractivity contribution < 1.29 is 13.2 Å². The first-order valence-electron chi connectivity index (χ1n) is 5.60. The fourth-order valence-corrected chi connectivity index (χ4v) is 2.98. The monoisotopic (exact) mass is 246 g/mol. The summed E-state index contributed by atoms with van der Waals surface area (Å²) in [5.74, 6) is 0.259. The van der Waals surface area contributed by atoms with E-state index in [2.05, 4.69) is 5.32 Å². The normalized spacial score (nSPS) is 31.5. The van der Waals surface area contributed by atoms with Crippen molar-refractivity contribution in [2.24, 2.45) is 5.92 Å². The van der Waals surface area contributed by atoms with Crippen LogP contribution in [0.5, 0.6) is 0 Å². The lowest BCUT2D eigenvalue weighted by Crippen LogP contribution is -2.41. The van der Waals surface area contributed by atoms with Crippen LogP contribution in [0.15, 0.2) is 0 Å². The number of carbonyl (C=O) groups is 1. The molecule has 0 aromatic rings. The van der Waals surface area contributed by atoms with Crippen LogP contribution >= 0.6 is 0 Å². The minimum atomic E-state index is -3.27. The highest BCUT2D eigenvalue weighted by Crippen LogP contribution is 2.25. The summed E-state index contributed by atoms with van der Waals surface area (Å²) < 4.78 is 22.6. The number of carbonyl (C=O) groups excluding carboxylic acids is 1. The van der Waals surface area contributed by atoms with Crippen LogP contribution in [0.1, 0.15) is 13.3 Å². The number of sulfone groups is 1. The maximum absolute atomic E-state index is 11.9. The van der Waals surface area contributed by atoms with Crippen molar-refractivity contribution in [1.82, 2.24) is 10.2 Å². The van der Waals surface area contributed by atoms with Crippen molar-refractivity contribution in [2.75, 3.05) is 25.9 Å². The Morgan fingerprint density at radius 1 is 1.44 bits per heavy atom. The third-order valence-corrected chi connectivity index (χ3v) is 5.15. The summed E-state index contributed by atoms with van der Waals surface area (Å²) in [6.45, 7) is 3.85. The predicted octanol–water partition coefficient (Wildman–Crippen LogP) is -0.760. The van der Waals surface area contributed by atoms with Gasteiger partial charge in [-0.05, 0) is 25.8 Å². The van der Waals surface area contributed by atoms with Crippen molar-refractivity contribution in [3.05, 3.63) is 0 Å². The van der Waals surface area contributed by atoms with E-state index in [1.807, 2.05) is 0 Å². The molecule has 0 aliphatic carbocycles. The number of amides is 1. The number of rotatable bonds is 2. The molecular formula is C10H18N2O3S. The Balaban J connectivity index is 2.02. The maximum atomic E-state index is 11.9. The summed E-state index contributed by atoms with van der Waals surface area (Å²) in [6.07, 6.45) is 2.20. The molecule has 1 unspecified atom stereocenters. The Bertz CT molecular complexity index is 381. The first-order chi connectivity index (χ1) is 7.39. The van der Waals surface area contributed by atoms with E-state index in [4.69, 9.17) is 0 Å². The van der Waals surface area contributed by atoms with Gasteiger partial charge in [-0.2, -0.15) is 0 Å². The van der Waals surface area contributed by atoms with Crippen LogP contribution in [0.3, 0.4) is 0 Å². The topological polar surface area (TPSA) is 66.5 Å². The van der Waals surface area contributed by atoms with E-state index < -0.39 is 15.1 Å². The van der Waals surface area contributed by atoms with E-state index in [0.717, 1.165) is 19.2 Å². The van der Waals surface area contributed by atoms with Gasteiger partial charge in [-0.25, -0.2) is 8.42 Å². The molecule has 2 fully saturated rings. The number of hydrogen-bond acceptors (Lipinski definition) is 4. The van der Waals surface area contributed by atoms with Crippen LogP contribution in [-0.2, 0) is 14.6 Å². The maximum Gasteiger partial charge on any atom is 0.240 e. The quantitative estimate of drug-likeness (QED) is 0.695. The molecule has 92 valence electrons. The number of hydrogen-bond donors (Lipinski definition) is 1. The molecule has 0 saturated carbocycles. The van der Waals surface area contributed by atoms with Gasteiger partial charge in [0.1, 0.15) is 5.25 Å². The minimum absolute atomic E-state index is 0.251. The van der Waals surface area contributed by atoms with Crippen LogP contribution < -0.4 is 5.32 Å². The minimum Gasteiger partial charge on any atom is -0.340 e. The molecule has 2 saturated heterocycles. The highest BCUT2D eigenvalue weighted by atomic mass is 32.2. The largest absolute Gasteiger partial charge is 0.340 e. The number of fused-ring (bicyclic) bond motifs is 1. The Hall–Kier alpha value is -0.620. The van der Waals surface area contributed by atoms with Crippen LogP contribution in [0, 0.1) is 5.92 Å². The molecule has 0 aromatic carbocycles. The fraction of sp³-hybridized carbons (Fsp3) is 0.900. The van der Waals surface area contributed by atoms with E-state index in [-0.39, 0.29) is 5.91 Å². The standard InChI is InChI=1S/C10H18N2O3S/c1-7(16(2,14)15)10(13)12-5-8-3-4-11-9(8)6-12/h7-9,11H,3-6H2,1-2H3/t7?,8-,9+/m0/s1. The summed E-state index contributed by atoms with van der Waals surface area (Å²) >= 11 is 0.